The zero-order valence-electron chi connectivity index (χ0n) is 17.5. The molecule has 24 heteroatoms. The van der Waals surface area contributed by atoms with E-state index in [0.29, 0.717) is 6.54 Å². The first-order chi connectivity index (χ1) is 16.1. The Bertz CT molecular complexity index is 944. The molecule has 0 aliphatic rings. The lowest BCUT2D eigenvalue weighted by Gasteiger charge is -2.44. The first kappa shape index (κ1) is 38.4. The Balaban J connectivity index is 0. The Morgan fingerprint density at radius 2 is 0.868 bits per heavy atom. The quantitative estimate of drug-likeness (QED) is 0.165. The molecule has 0 aromatic heterocycles. The molecule has 0 fully saturated rings. The van der Waals surface area contributed by atoms with Crippen molar-refractivity contribution in [2.24, 2.45) is 5.73 Å². The van der Waals surface area contributed by atoms with E-state index in [4.69, 9.17) is 10.3 Å². The molecule has 0 aromatic rings. The fraction of sp³-hybridized carbons (Fsp3) is 0.857. The van der Waals surface area contributed by atoms with Crippen LogP contribution in [0.1, 0.15) is 6.92 Å². The average Bonchev–Trinajstić information content (AvgIpc) is 2.71. The van der Waals surface area contributed by atoms with Crippen molar-refractivity contribution in [2.45, 2.75) is 65.7 Å². The van der Waals surface area contributed by atoms with Gasteiger partial charge in [0.2, 0.25) is 0 Å². The predicted octanol–water partition coefficient (Wildman–Crippen LogP) is 6.04. The van der Waals surface area contributed by atoms with E-state index in [2.05, 4.69) is 6.58 Å². The minimum Gasteiger partial charge on any atom is -0.327 e. The highest BCUT2D eigenvalue weighted by molar-refractivity contribution is 7.87. The van der Waals surface area contributed by atoms with Crippen LogP contribution in [0.4, 0.5) is 83.4 Å². The first-order valence-electron chi connectivity index (χ1n) is 8.43. The second kappa shape index (κ2) is 10.4. The van der Waals surface area contributed by atoms with Gasteiger partial charge in [0.15, 0.2) is 6.17 Å². The molecule has 0 aliphatic heterocycles. The second-order valence-corrected chi connectivity index (χ2v) is 8.24. The van der Waals surface area contributed by atoms with Gasteiger partial charge in [-0.1, -0.05) is 6.08 Å². The highest BCUT2D eigenvalue weighted by atomic mass is 32.2. The minimum atomic E-state index is -9.12. The van der Waals surface area contributed by atoms with E-state index >= 15 is 0 Å². The van der Waals surface area contributed by atoms with E-state index in [1.807, 2.05) is 0 Å². The molecule has 38 heavy (non-hydrogen) atoms. The molecule has 0 bridgehead atoms. The fourth-order valence-corrected chi connectivity index (χ4v) is 2.24. The maximum absolute atomic E-state index is 13.4. The summed E-state index contributed by atoms with van der Waals surface area (Å²) < 4.78 is 278. The lowest BCUT2D eigenvalue weighted by atomic mass is 9.87. The van der Waals surface area contributed by atoms with Gasteiger partial charge in [-0.25, -0.2) is 4.39 Å². The maximum Gasteiger partial charge on any atom is 0.438 e. The van der Waals surface area contributed by atoms with Gasteiger partial charge in [0.05, 0.1) is 0 Å². The summed E-state index contributed by atoms with van der Waals surface area (Å²) in [4.78, 5) is 0. The molecule has 0 saturated heterocycles. The zero-order chi connectivity index (χ0) is 32.0. The van der Waals surface area contributed by atoms with Crippen LogP contribution in [0.2, 0.25) is 0 Å². The molecular formula is C14H12F19NO3S. The third-order valence-corrected chi connectivity index (χ3v) is 5.04. The van der Waals surface area contributed by atoms with Gasteiger partial charge in [0.1, 0.15) is 0 Å². The van der Waals surface area contributed by atoms with E-state index < -0.39 is 75.8 Å². The zero-order valence-corrected chi connectivity index (χ0v) is 18.3. The molecular weight excluding hydrogens is 623 g/mol. The van der Waals surface area contributed by atoms with Crippen LogP contribution in [0, 0.1) is 0 Å². The summed E-state index contributed by atoms with van der Waals surface area (Å²) >= 11 is 0. The molecule has 1 unspecified atom stereocenters. The summed E-state index contributed by atoms with van der Waals surface area (Å²) in [7, 11) is -8.00. The number of nitrogens with two attached hydrogens (primary N) is 1. The van der Waals surface area contributed by atoms with Gasteiger partial charge >= 0.3 is 62.8 Å². The van der Waals surface area contributed by atoms with Crippen molar-refractivity contribution in [3.05, 3.63) is 12.7 Å². The number of rotatable bonds is 11. The predicted molar refractivity (Wildman–Crippen MR) is 85.9 cm³/mol. The topological polar surface area (TPSA) is 80.4 Å². The van der Waals surface area contributed by atoms with E-state index in [0.717, 1.165) is 0 Å². The van der Waals surface area contributed by atoms with Crippen LogP contribution in [0.3, 0.4) is 0 Å². The van der Waals surface area contributed by atoms with E-state index in [1.165, 1.54) is 0 Å². The normalized spacial score (nSPS) is 16.5. The Morgan fingerprint density at radius 1 is 0.658 bits per heavy atom. The Hall–Kier alpha value is -1.72. The molecule has 0 saturated carbocycles. The SMILES string of the molecule is C=CCN.CC(F)C(F)(F)C(F)(F)C(F)(F)C(F)(F)C(F)(F)C(F)(F)C(F)(F)C(F)(F)C(F)(F)S(=O)(=O)O. The summed E-state index contributed by atoms with van der Waals surface area (Å²) in [5, 5.41) is -7.96. The number of hydrogen-bond acceptors (Lipinski definition) is 3. The third kappa shape index (κ3) is 5.10. The molecule has 0 rings (SSSR count). The molecule has 0 aromatic carbocycles. The average molecular weight is 635 g/mol. The molecule has 4 nitrogen and oxygen atoms in total. The minimum absolute atomic E-state index is 0.583. The number of alkyl halides is 19. The van der Waals surface area contributed by atoms with Crippen LogP contribution in [-0.4, -0.2) is 78.3 Å². The maximum atomic E-state index is 13.4. The third-order valence-electron chi connectivity index (χ3n) is 4.14. The van der Waals surface area contributed by atoms with Crippen molar-refractivity contribution >= 4 is 10.1 Å². The Morgan fingerprint density at radius 3 is 1.05 bits per heavy atom. The van der Waals surface area contributed by atoms with Gasteiger partial charge in [-0.05, 0) is 6.92 Å². The van der Waals surface area contributed by atoms with Crippen LogP contribution < -0.4 is 5.73 Å². The highest BCUT2D eigenvalue weighted by Gasteiger charge is 2.97. The number of halogens is 19. The largest absolute Gasteiger partial charge is 0.438 e. The highest BCUT2D eigenvalue weighted by Crippen LogP contribution is 2.65. The van der Waals surface area contributed by atoms with Crippen molar-refractivity contribution in [1.82, 2.24) is 0 Å². The fourth-order valence-electron chi connectivity index (χ4n) is 1.79. The molecule has 230 valence electrons. The molecule has 3 N–H and O–H groups in total. The van der Waals surface area contributed by atoms with Crippen LogP contribution in [0.25, 0.3) is 0 Å². The van der Waals surface area contributed by atoms with Crippen LogP contribution in [0.5, 0.6) is 0 Å². The first-order valence-corrected chi connectivity index (χ1v) is 9.87. The van der Waals surface area contributed by atoms with Gasteiger partial charge in [-0.3, -0.25) is 4.55 Å². The molecule has 0 radical (unpaired) electrons. The summed E-state index contributed by atoms with van der Waals surface area (Å²) in [6.07, 6.45) is -3.02. The molecule has 0 spiro atoms. The van der Waals surface area contributed by atoms with Crippen molar-refractivity contribution in [1.29, 1.82) is 0 Å². The summed E-state index contributed by atoms with van der Waals surface area (Å²) in [5.74, 6) is -68.8. The van der Waals surface area contributed by atoms with Crippen molar-refractivity contribution in [3.63, 3.8) is 0 Å². The number of hydrogen-bond donors (Lipinski definition) is 2. The van der Waals surface area contributed by atoms with Gasteiger partial charge in [0.25, 0.3) is 0 Å². The van der Waals surface area contributed by atoms with E-state index in [9.17, 15) is 91.8 Å². The van der Waals surface area contributed by atoms with Crippen molar-refractivity contribution in [3.8, 4) is 0 Å². The summed E-state index contributed by atoms with van der Waals surface area (Å²) in [6, 6.07) is 0. The van der Waals surface area contributed by atoms with E-state index in [-0.39, 0.29) is 0 Å². The Labute approximate surface area is 198 Å². The monoisotopic (exact) mass is 635 g/mol. The Kier molecular flexibility index (Phi) is 10.5. The smallest absolute Gasteiger partial charge is 0.327 e. The standard InChI is InChI=1S/C11H5F19O3S.C3H7N/c1-2(12)3(13,14)4(15,16)5(17,18)6(19,20)7(21,22)8(23,24)9(25,26)10(27,28)11(29,30)34(31,32)33;1-2-3-4/h2H,1H3,(H,31,32,33);2H,1,3-4H2. The van der Waals surface area contributed by atoms with Crippen molar-refractivity contribution in [2.75, 3.05) is 6.54 Å². The van der Waals surface area contributed by atoms with Crippen LogP contribution in [0.15, 0.2) is 12.7 Å². The van der Waals surface area contributed by atoms with Gasteiger partial charge in [-0.15, -0.1) is 6.58 Å². The van der Waals surface area contributed by atoms with Gasteiger partial charge in [-0.2, -0.15) is 87.4 Å². The lowest BCUT2D eigenvalue weighted by Crippen LogP contribution is -2.76. The van der Waals surface area contributed by atoms with E-state index in [1.54, 1.807) is 6.08 Å². The molecule has 0 aliphatic carbocycles. The van der Waals surface area contributed by atoms with Gasteiger partial charge in [0, 0.05) is 6.54 Å². The van der Waals surface area contributed by atoms with Gasteiger partial charge < -0.3 is 5.73 Å². The second-order valence-electron chi connectivity index (χ2n) is 6.78. The summed E-state index contributed by atoms with van der Waals surface area (Å²) in [5.41, 5.74) is 4.91. The molecule has 0 heterocycles. The molecule has 1 atom stereocenters. The van der Waals surface area contributed by atoms with Crippen molar-refractivity contribution < 1.29 is 96.4 Å². The summed E-state index contributed by atoms with van der Waals surface area (Å²) in [6.45, 7) is 3.15. The lowest BCUT2D eigenvalue weighted by molar-refractivity contribution is -0.460. The van der Waals surface area contributed by atoms with Crippen LogP contribution >= 0.6 is 0 Å². The molecule has 0 amide bonds. The van der Waals surface area contributed by atoms with Crippen LogP contribution in [-0.2, 0) is 10.1 Å².